The van der Waals surface area contributed by atoms with Gasteiger partial charge in [0, 0.05) is 10.3 Å². The van der Waals surface area contributed by atoms with Crippen molar-refractivity contribution in [3.63, 3.8) is 0 Å². The van der Waals surface area contributed by atoms with E-state index in [-0.39, 0.29) is 11.8 Å². The molecular weight excluding hydrogens is 198 g/mol. The van der Waals surface area contributed by atoms with Crippen LogP contribution in [0.15, 0.2) is 0 Å². The van der Waals surface area contributed by atoms with Gasteiger partial charge in [0.25, 0.3) is 0 Å². The predicted molar refractivity (Wildman–Crippen MR) is 56.9 cm³/mol. The minimum atomic E-state index is -0.792. The average Bonchev–Trinajstić information content (AvgIpc) is 2.28. The van der Waals surface area contributed by atoms with Crippen molar-refractivity contribution >= 4 is 17.3 Å². The van der Waals surface area contributed by atoms with Crippen LogP contribution in [-0.2, 0) is 16.6 Å². The van der Waals surface area contributed by atoms with Crippen LogP contribution in [0.3, 0.4) is 0 Å². The highest BCUT2D eigenvalue weighted by Crippen LogP contribution is 2.29. The number of aromatic nitrogens is 1. The summed E-state index contributed by atoms with van der Waals surface area (Å²) in [6.07, 6.45) is 0.0815. The Hall–Kier alpha value is -0.900. The van der Waals surface area contributed by atoms with Gasteiger partial charge in [-0.05, 0) is 6.92 Å². The van der Waals surface area contributed by atoms with Gasteiger partial charge < -0.3 is 5.11 Å². The molecule has 0 aliphatic heterocycles. The van der Waals surface area contributed by atoms with Crippen LogP contribution >= 0.6 is 11.3 Å². The average molecular weight is 213 g/mol. The molecule has 1 N–H and O–H groups in total. The zero-order chi connectivity index (χ0) is 10.9. The first kappa shape index (κ1) is 11.2. The first-order chi connectivity index (χ1) is 6.30. The van der Waals surface area contributed by atoms with Gasteiger partial charge in [0.15, 0.2) is 0 Å². The van der Waals surface area contributed by atoms with E-state index in [9.17, 15) is 4.79 Å². The third-order valence-electron chi connectivity index (χ3n) is 1.83. The fraction of sp³-hybridized carbons (Fsp3) is 0.600. The first-order valence-corrected chi connectivity index (χ1v) is 5.31. The highest BCUT2D eigenvalue weighted by atomic mass is 32.1. The highest BCUT2D eigenvalue weighted by molar-refractivity contribution is 7.11. The highest BCUT2D eigenvalue weighted by Gasteiger charge is 2.23. The van der Waals surface area contributed by atoms with Crippen molar-refractivity contribution in [3.05, 3.63) is 15.6 Å². The van der Waals surface area contributed by atoms with Gasteiger partial charge in [-0.2, -0.15) is 0 Å². The predicted octanol–water partition coefficient (Wildman–Crippen LogP) is 2.38. The second-order valence-electron chi connectivity index (χ2n) is 4.33. The van der Waals surface area contributed by atoms with E-state index in [1.54, 1.807) is 0 Å². The standard InChI is InChI=1S/C10H15NO2S/c1-6-11-9(10(2,3)4)7(14-6)5-8(12)13/h5H2,1-4H3,(H,12,13). The third kappa shape index (κ3) is 2.54. The molecule has 0 atom stereocenters. The Labute approximate surface area is 87.8 Å². The number of thiazole rings is 1. The van der Waals surface area contributed by atoms with Gasteiger partial charge >= 0.3 is 5.97 Å². The van der Waals surface area contributed by atoms with E-state index < -0.39 is 5.97 Å². The summed E-state index contributed by atoms with van der Waals surface area (Å²) in [6.45, 7) is 8.05. The molecule has 1 aromatic heterocycles. The second kappa shape index (κ2) is 3.69. The molecule has 0 aliphatic carbocycles. The summed E-state index contributed by atoms with van der Waals surface area (Å²) < 4.78 is 0. The van der Waals surface area contributed by atoms with Crippen molar-refractivity contribution in [3.8, 4) is 0 Å². The van der Waals surface area contributed by atoms with Gasteiger partial charge in [-0.3, -0.25) is 4.79 Å². The summed E-state index contributed by atoms with van der Waals surface area (Å²) in [5.41, 5.74) is 0.845. The lowest BCUT2D eigenvalue weighted by atomic mass is 9.91. The van der Waals surface area contributed by atoms with E-state index in [0.29, 0.717) is 0 Å². The van der Waals surface area contributed by atoms with E-state index in [1.165, 1.54) is 11.3 Å². The lowest BCUT2D eigenvalue weighted by Crippen LogP contribution is -2.15. The molecule has 1 aromatic rings. The topological polar surface area (TPSA) is 50.2 Å². The molecule has 0 amide bonds. The van der Waals surface area contributed by atoms with E-state index >= 15 is 0 Å². The fourth-order valence-electron chi connectivity index (χ4n) is 1.31. The molecule has 0 radical (unpaired) electrons. The van der Waals surface area contributed by atoms with Crippen LogP contribution in [0.5, 0.6) is 0 Å². The van der Waals surface area contributed by atoms with Crippen molar-refractivity contribution in [1.82, 2.24) is 4.98 Å². The molecule has 1 heterocycles. The molecule has 14 heavy (non-hydrogen) atoms. The van der Waals surface area contributed by atoms with Gasteiger partial charge in [-0.15, -0.1) is 11.3 Å². The molecule has 0 fully saturated rings. The number of rotatable bonds is 2. The maximum atomic E-state index is 10.6. The van der Waals surface area contributed by atoms with Crippen molar-refractivity contribution in [1.29, 1.82) is 0 Å². The summed E-state index contributed by atoms with van der Waals surface area (Å²) in [6, 6.07) is 0. The third-order valence-corrected chi connectivity index (χ3v) is 2.80. The molecule has 0 aliphatic rings. The number of aliphatic carboxylic acids is 1. The Balaban J connectivity index is 3.09. The molecule has 3 nitrogen and oxygen atoms in total. The molecule has 0 unspecified atom stereocenters. The molecule has 0 bridgehead atoms. The van der Waals surface area contributed by atoms with Crippen LogP contribution < -0.4 is 0 Å². The maximum Gasteiger partial charge on any atom is 0.308 e. The van der Waals surface area contributed by atoms with Crippen LogP contribution in [0.4, 0.5) is 0 Å². The van der Waals surface area contributed by atoms with E-state index in [1.807, 2.05) is 27.7 Å². The quantitative estimate of drug-likeness (QED) is 0.820. The molecule has 0 saturated heterocycles. The summed E-state index contributed by atoms with van der Waals surface area (Å²) in [4.78, 5) is 15.9. The monoisotopic (exact) mass is 213 g/mol. The van der Waals surface area contributed by atoms with Crippen molar-refractivity contribution in [2.45, 2.75) is 39.5 Å². The number of hydrogen-bond donors (Lipinski definition) is 1. The second-order valence-corrected chi connectivity index (χ2v) is 5.61. The molecule has 0 spiro atoms. The van der Waals surface area contributed by atoms with Crippen LogP contribution in [0.2, 0.25) is 0 Å². The molecule has 4 heteroatoms. The summed E-state index contributed by atoms with van der Waals surface area (Å²) in [5.74, 6) is -0.792. The van der Waals surface area contributed by atoms with Crippen LogP contribution in [0.25, 0.3) is 0 Å². The summed E-state index contributed by atoms with van der Waals surface area (Å²) in [5, 5.41) is 9.68. The van der Waals surface area contributed by atoms with Gasteiger partial charge in [-0.25, -0.2) is 4.98 Å². The number of carboxylic acid groups (broad SMARTS) is 1. The minimum Gasteiger partial charge on any atom is -0.481 e. The number of hydrogen-bond acceptors (Lipinski definition) is 3. The molecule has 1 rings (SSSR count). The lowest BCUT2D eigenvalue weighted by Gasteiger charge is -2.16. The fourth-order valence-corrected chi connectivity index (χ4v) is 2.45. The van der Waals surface area contributed by atoms with Crippen molar-refractivity contribution in [2.75, 3.05) is 0 Å². The first-order valence-electron chi connectivity index (χ1n) is 4.49. The van der Waals surface area contributed by atoms with Gasteiger partial charge in [-0.1, -0.05) is 20.8 Å². The smallest absolute Gasteiger partial charge is 0.308 e. The number of carbonyl (C=O) groups is 1. The maximum absolute atomic E-state index is 10.6. The van der Waals surface area contributed by atoms with E-state index in [0.717, 1.165) is 15.6 Å². The van der Waals surface area contributed by atoms with Gasteiger partial charge in [0.05, 0.1) is 17.1 Å². The van der Waals surface area contributed by atoms with E-state index in [4.69, 9.17) is 5.11 Å². The van der Waals surface area contributed by atoms with Gasteiger partial charge in [0.2, 0.25) is 0 Å². The van der Waals surface area contributed by atoms with Crippen molar-refractivity contribution in [2.24, 2.45) is 0 Å². The number of aryl methyl sites for hydroxylation is 1. The molecule has 0 aromatic carbocycles. The Morgan fingerprint density at radius 3 is 2.50 bits per heavy atom. The molecular formula is C10H15NO2S. The van der Waals surface area contributed by atoms with Crippen LogP contribution in [0.1, 0.15) is 36.3 Å². The van der Waals surface area contributed by atoms with Gasteiger partial charge in [0.1, 0.15) is 0 Å². The Morgan fingerprint density at radius 1 is 1.50 bits per heavy atom. The Morgan fingerprint density at radius 2 is 2.07 bits per heavy atom. The molecule has 78 valence electrons. The summed E-state index contributed by atoms with van der Waals surface area (Å²) in [7, 11) is 0. The number of nitrogens with zero attached hydrogens (tertiary/aromatic N) is 1. The SMILES string of the molecule is Cc1nc(C(C)(C)C)c(CC(=O)O)s1. The minimum absolute atomic E-state index is 0.0739. The zero-order valence-electron chi connectivity index (χ0n) is 8.92. The van der Waals surface area contributed by atoms with E-state index in [2.05, 4.69) is 4.98 Å². The molecule has 0 saturated carbocycles. The largest absolute Gasteiger partial charge is 0.481 e. The number of carboxylic acids is 1. The van der Waals surface area contributed by atoms with Crippen molar-refractivity contribution < 1.29 is 9.90 Å². The summed E-state index contributed by atoms with van der Waals surface area (Å²) >= 11 is 1.48. The van der Waals surface area contributed by atoms with Crippen LogP contribution in [-0.4, -0.2) is 16.1 Å². The Bertz CT molecular complexity index is 349. The Kier molecular flexibility index (Phi) is 2.95. The van der Waals surface area contributed by atoms with Crippen LogP contribution in [0, 0.1) is 6.92 Å². The lowest BCUT2D eigenvalue weighted by molar-refractivity contribution is -0.136. The normalized spacial score (nSPS) is 11.7. The zero-order valence-corrected chi connectivity index (χ0v) is 9.73.